The maximum absolute atomic E-state index is 12.2. The minimum atomic E-state index is -3.72. The van der Waals surface area contributed by atoms with Crippen molar-refractivity contribution < 1.29 is 30.2 Å². The van der Waals surface area contributed by atoms with Gasteiger partial charge in [0.05, 0.1) is 11.5 Å². The number of rotatable bonds is 4. The average Bonchev–Trinajstić information content (AvgIpc) is 2.79. The van der Waals surface area contributed by atoms with E-state index in [1.807, 2.05) is 6.92 Å². The summed E-state index contributed by atoms with van der Waals surface area (Å²) >= 11 is 0. The van der Waals surface area contributed by atoms with Crippen molar-refractivity contribution in [3.05, 3.63) is 41.7 Å². The van der Waals surface area contributed by atoms with Gasteiger partial charge in [-0.05, 0) is 19.1 Å². The third-order valence-corrected chi connectivity index (χ3v) is 3.79. The van der Waals surface area contributed by atoms with Crippen molar-refractivity contribution in [3.63, 3.8) is 0 Å². The average molecular weight is 330 g/mol. The van der Waals surface area contributed by atoms with E-state index in [1.54, 1.807) is 12.1 Å². The minimum Gasteiger partial charge on any atom is -0.381 e. The summed E-state index contributed by atoms with van der Waals surface area (Å²) < 4.78 is 29.9. The fraction of sp³-hybridized carbons (Fsp3) is 0.273. The van der Waals surface area contributed by atoms with Crippen LogP contribution in [-0.4, -0.2) is 29.9 Å². The van der Waals surface area contributed by atoms with E-state index in [1.165, 1.54) is 19.2 Å². The number of aryl methyl sites for hydroxylation is 1. The van der Waals surface area contributed by atoms with Gasteiger partial charge in [-0.3, -0.25) is 0 Å². The molecule has 2 aromatic rings. The van der Waals surface area contributed by atoms with Gasteiger partial charge in [0.2, 0.25) is 0 Å². The molecule has 0 amide bonds. The largest absolute Gasteiger partial charge is 1.00 e. The Morgan fingerprint density at radius 3 is 2.53 bits per heavy atom. The molecule has 1 aromatic carbocycles. The Hall–Kier alpha value is -1.21. The fourth-order valence-corrected chi connectivity index (χ4v) is 2.40. The molecule has 1 aromatic heterocycles. The molecule has 0 unspecified atom stereocenters. The third-order valence-electron chi connectivity index (χ3n) is 2.30. The molecule has 106 valence electrons. The molecule has 0 aliphatic heterocycles. The summed E-state index contributed by atoms with van der Waals surface area (Å²) in [7, 11) is -2.23. The standard InChI is InChI=1S/C11H12N3O3S.Cu/c1-9-3-5-11(6-4-9)18(15,16)14-7-10(8-17-2)12-13-14;/h3-6H,8H2,1-2H3;/q-1;+1. The number of ether oxygens (including phenoxy) is 1. The molecular formula is C11H12CuN3O3S. The summed E-state index contributed by atoms with van der Waals surface area (Å²) in [5.74, 6) is 0. The van der Waals surface area contributed by atoms with E-state index in [-0.39, 0.29) is 28.6 Å². The molecule has 0 saturated heterocycles. The first-order valence-corrected chi connectivity index (χ1v) is 6.63. The second kappa shape index (κ2) is 6.29. The molecule has 0 spiro atoms. The molecule has 19 heavy (non-hydrogen) atoms. The summed E-state index contributed by atoms with van der Waals surface area (Å²) in [6.07, 6.45) is 2.55. The van der Waals surface area contributed by atoms with Crippen molar-refractivity contribution in [2.24, 2.45) is 0 Å². The van der Waals surface area contributed by atoms with Crippen LogP contribution >= 0.6 is 0 Å². The molecule has 8 heteroatoms. The van der Waals surface area contributed by atoms with Gasteiger partial charge >= 0.3 is 17.1 Å². The van der Waals surface area contributed by atoms with Crippen LogP contribution in [-0.2, 0) is 38.4 Å². The minimum absolute atomic E-state index is 0. The molecule has 0 N–H and O–H groups in total. The van der Waals surface area contributed by atoms with Crippen molar-refractivity contribution in [3.8, 4) is 0 Å². The Morgan fingerprint density at radius 1 is 1.32 bits per heavy atom. The molecule has 0 aliphatic carbocycles. The Morgan fingerprint density at radius 2 is 1.95 bits per heavy atom. The number of hydrogen-bond acceptors (Lipinski definition) is 5. The molecule has 0 atom stereocenters. The van der Waals surface area contributed by atoms with Crippen LogP contribution in [0.25, 0.3) is 0 Å². The van der Waals surface area contributed by atoms with Crippen molar-refractivity contribution in [2.75, 3.05) is 7.11 Å². The van der Waals surface area contributed by atoms with E-state index in [0.717, 1.165) is 9.65 Å². The molecule has 0 radical (unpaired) electrons. The Kier molecular flexibility index (Phi) is 5.25. The molecule has 2 rings (SSSR count). The Bertz CT molecular complexity index is 637. The topological polar surface area (TPSA) is 74.1 Å². The maximum Gasteiger partial charge on any atom is 1.00 e. The maximum atomic E-state index is 12.2. The van der Waals surface area contributed by atoms with E-state index in [4.69, 9.17) is 4.74 Å². The van der Waals surface area contributed by atoms with Crippen LogP contribution in [0.15, 0.2) is 29.2 Å². The smallest absolute Gasteiger partial charge is 0.381 e. The molecule has 0 aliphatic rings. The SMILES string of the molecule is COCc1[c-]n(S(=O)(=O)c2ccc(C)cc2)nn1.[Cu+]. The van der Waals surface area contributed by atoms with Crippen molar-refractivity contribution in [1.82, 2.24) is 14.4 Å². The van der Waals surface area contributed by atoms with Crippen molar-refractivity contribution in [2.45, 2.75) is 18.4 Å². The quantitative estimate of drug-likeness (QED) is 0.612. The van der Waals surface area contributed by atoms with E-state index in [0.29, 0.717) is 5.69 Å². The molecular weight excluding hydrogens is 318 g/mol. The molecule has 0 fully saturated rings. The van der Waals surface area contributed by atoms with Gasteiger partial charge < -0.3 is 15.0 Å². The van der Waals surface area contributed by atoms with Gasteiger partial charge in [0, 0.05) is 7.11 Å². The summed E-state index contributed by atoms with van der Waals surface area (Å²) in [6.45, 7) is 2.05. The number of methoxy groups -OCH3 is 1. The van der Waals surface area contributed by atoms with Crippen LogP contribution in [0.2, 0.25) is 0 Å². The third kappa shape index (κ3) is 3.42. The second-order valence-electron chi connectivity index (χ2n) is 3.74. The zero-order valence-corrected chi connectivity index (χ0v) is 12.1. The first-order valence-electron chi connectivity index (χ1n) is 5.19. The first kappa shape index (κ1) is 15.8. The van der Waals surface area contributed by atoms with Gasteiger partial charge in [-0.2, -0.15) is 5.10 Å². The van der Waals surface area contributed by atoms with E-state index in [2.05, 4.69) is 16.5 Å². The van der Waals surface area contributed by atoms with Crippen LogP contribution < -0.4 is 0 Å². The number of aromatic nitrogens is 3. The predicted molar refractivity (Wildman–Crippen MR) is 63.3 cm³/mol. The van der Waals surface area contributed by atoms with Gasteiger partial charge in [-0.15, -0.1) is 0 Å². The Labute approximate surface area is 122 Å². The zero-order chi connectivity index (χ0) is 13.2. The molecule has 0 saturated carbocycles. The summed E-state index contributed by atoms with van der Waals surface area (Å²) in [5.41, 5.74) is 1.32. The number of hydrogen-bond donors (Lipinski definition) is 0. The first-order chi connectivity index (χ1) is 8.54. The van der Waals surface area contributed by atoms with Gasteiger partial charge in [0.15, 0.2) is 0 Å². The molecule has 1 heterocycles. The van der Waals surface area contributed by atoms with Crippen LogP contribution in [0.4, 0.5) is 0 Å². The molecule has 0 bridgehead atoms. The van der Waals surface area contributed by atoms with Gasteiger partial charge in [-0.1, -0.05) is 28.6 Å². The zero-order valence-electron chi connectivity index (χ0n) is 10.3. The Balaban J connectivity index is 0.00000180. The van der Waals surface area contributed by atoms with E-state index < -0.39 is 10.0 Å². The van der Waals surface area contributed by atoms with Crippen molar-refractivity contribution >= 4 is 10.0 Å². The van der Waals surface area contributed by atoms with E-state index in [9.17, 15) is 8.42 Å². The van der Waals surface area contributed by atoms with Crippen LogP contribution in [0.1, 0.15) is 11.3 Å². The molecule has 6 nitrogen and oxygen atoms in total. The van der Waals surface area contributed by atoms with Crippen LogP contribution in [0.3, 0.4) is 0 Å². The van der Waals surface area contributed by atoms with E-state index >= 15 is 0 Å². The summed E-state index contributed by atoms with van der Waals surface area (Å²) in [5, 5.41) is 7.22. The van der Waals surface area contributed by atoms with Gasteiger partial charge in [0.25, 0.3) is 10.0 Å². The number of nitrogens with zero attached hydrogens (tertiary/aromatic N) is 3. The monoisotopic (exact) mass is 329 g/mol. The second-order valence-corrected chi connectivity index (χ2v) is 5.51. The summed E-state index contributed by atoms with van der Waals surface area (Å²) in [4.78, 5) is 0.151. The van der Waals surface area contributed by atoms with Crippen molar-refractivity contribution in [1.29, 1.82) is 0 Å². The van der Waals surface area contributed by atoms with Crippen LogP contribution in [0, 0.1) is 13.1 Å². The van der Waals surface area contributed by atoms with Crippen LogP contribution in [0.5, 0.6) is 0 Å². The summed E-state index contributed by atoms with van der Waals surface area (Å²) in [6, 6.07) is 6.49. The van der Waals surface area contributed by atoms with Gasteiger partial charge in [-0.25, -0.2) is 8.42 Å². The predicted octanol–water partition coefficient (Wildman–Crippen LogP) is 0.768. The normalized spacial score (nSPS) is 11.1. The number of benzene rings is 1. The fourth-order valence-electron chi connectivity index (χ4n) is 1.37. The van der Waals surface area contributed by atoms with Gasteiger partial charge in [0.1, 0.15) is 0 Å².